The summed E-state index contributed by atoms with van der Waals surface area (Å²) in [6.45, 7) is 4.31. The summed E-state index contributed by atoms with van der Waals surface area (Å²) in [4.78, 5) is 12.0. The molecule has 0 unspecified atom stereocenters. The lowest BCUT2D eigenvalue weighted by molar-refractivity contribution is -0.120. The zero-order valence-electron chi connectivity index (χ0n) is 16.3. The molecule has 0 spiro atoms. The molecule has 1 aromatic heterocycles. The molecule has 3 rings (SSSR count). The highest BCUT2D eigenvalue weighted by Crippen LogP contribution is 2.27. The lowest BCUT2D eigenvalue weighted by Gasteiger charge is -2.22. The van der Waals surface area contributed by atoms with Gasteiger partial charge in [-0.1, -0.05) is 42.5 Å². The summed E-state index contributed by atoms with van der Waals surface area (Å²) in [5.74, 6) is -0.125. The van der Waals surface area contributed by atoms with E-state index in [0.717, 1.165) is 35.5 Å². The minimum absolute atomic E-state index is 0.125. The molecule has 1 aliphatic rings. The topological polar surface area (TPSA) is 58.4 Å². The van der Waals surface area contributed by atoms with Crippen molar-refractivity contribution in [3.8, 4) is 5.69 Å². The van der Waals surface area contributed by atoms with Crippen LogP contribution in [0, 0.1) is 13.8 Å². The van der Waals surface area contributed by atoms with Gasteiger partial charge in [0.05, 0.1) is 22.8 Å². The maximum Gasteiger partial charge on any atom is 0.254 e. The molecule has 1 heterocycles. The zero-order valence-corrected chi connectivity index (χ0v) is 17.8. The van der Waals surface area contributed by atoms with Crippen molar-refractivity contribution in [2.24, 2.45) is 5.10 Å². The number of amides is 1. The second kappa shape index (κ2) is 9.59. The fraction of sp³-hybridized carbons (Fsp3) is 0.429. The molecule has 0 bridgehead atoms. The third-order valence-corrected chi connectivity index (χ3v) is 5.92. The van der Waals surface area contributed by atoms with Gasteiger partial charge in [-0.3, -0.25) is 4.79 Å². The van der Waals surface area contributed by atoms with Gasteiger partial charge < -0.3 is 9.88 Å². The summed E-state index contributed by atoms with van der Waals surface area (Å²) in [5.41, 5.74) is 6.53. The number of benzene rings is 1. The van der Waals surface area contributed by atoms with E-state index in [0.29, 0.717) is 22.6 Å². The van der Waals surface area contributed by atoms with Crippen molar-refractivity contribution in [1.29, 1.82) is 0 Å². The lowest BCUT2D eigenvalue weighted by Crippen LogP contribution is -2.38. The molecule has 1 saturated carbocycles. The zero-order chi connectivity index (χ0) is 20.1. The minimum atomic E-state index is -0.125. The van der Waals surface area contributed by atoms with Crippen LogP contribution in [0.3, 0.4) is 0 Å². The second-order valence-corrected chi connectivity index (χ2v) is 8.08. The van der Waals surface area contributed by atoms with Gasteiger partial charge in [0.1, 0.15) is 0 Å². The van der Waals surface area contributed by atoms with Crippen LogP contribution in [0.2, 0.25) is 10.0 Å². The van der Waals surface area contributed by atoms with Crippen LogP contribution in [0.15, 0.2) is 29.4 Å². The van der Waals surface area contributed by atoms with E-state index in [1.807, 2.05) is 32.0 Å². The van der Waals surface area contributed by atoms with Crippen LogP contribution < -0.4 is 10.7 Å². The Bertz CT molecular complexity index is 870. The van der Waals surface area contributed by atoms with Crippen LogP contribution in [-0.4, -0.2) is 29.3 Å². The van der Waals surface area contributed by atoms with E-state index in [2.05, 4.69) is 20.4 Å². The van der Waals surface area contributed by atoms with Crippen LogP contribution in [0.1, 0.15) is 49.1 Å². The Kier molecular flexibility index (Phi) is 7.16. The Labute approximate surface area is 176 Å². The highest BCUT2D eigenvalue weighted by molar-refractivity contribution is 6.42. The molecule has 1 aliphatic carbocycles. The van der Waals surface area contributed by atoms with Gasteiger partial charge in [0.25, 0.3) is 5.91 Å². The first-order chi connectivity index (χ1) is 13.5. The lowest BCUT2D eigenvalue weighted by atomic mass is 9.95. The molecule has 7 heteroatoms. The molecule has 2 N–H and O–H groups in total. The summed E-state index contributed by atoms with van der Waals surface area (Å²) in [6, 6.07) is 8.02. The molecular formula is C21H26Cl2N4O. The van der Waals surface area contributed by atoms with Gasteiger partial charge >= 0.3 is 0 Å². The third kappa shape index (κ3) is 5.16. The van der Waals surface area contributed by atoms with Crippen LogP contribution in [0.4, 0.5) is 0 Å². The van der Waals surface area contributed by atoms with E-state index in [9.17, 15) is 4.79 Å². The number of nitrogens with one attached hydrogen (secondary N) is 2. The van der Waals surface area contributed by atoms with Crippen molar-refractivity contribution in [3.63, 3.8) is 0 Å². The largest absolute Gasteiger partial charge is 0.318 e. The molecule has 1 amide bonds. The van der Waals surface area contributed by atoms with Crippen molar-refractivity contribution in [2.75, 3.05) is 6.54 Å². The quantitative estimate of drug-likeness (QED) is 0.521. The summed E-state index contributed by atoms with van der Waals surface area (Å²) < 4.78 is 2.08. The average molecular weight is 421 g/mol. The molecule has 5 nitrogen and oxygen atoms in total. The number of hydrogen-bond donors (Lipinski definition) is 2. The maximum atomic E-state index is 12.0. The van der Waals surface area contributed by atoms with Gasteiger partial charge in [0.15, 0.2) is 0 Å². The number of halogens is 2. The first kappa shape index (κ1) is 20.9. The SMILES string of the molecule is Cc1cc(/C=N\NC(=O)CNC2CCCCC2)c(C)n1-c1ccc(Cl)c(Cl)c1. The number of hydrazone groups is 1. The Balaban J connectivity index is 1.61. The van der Waals surface area contributed by atoms with Crippen LogP contribution >= 0.6 is 23.2 Å². The predicted molar refractivity (Wildman–Crippen MR) is 116 cm³/mol. The summed E-state index contributed by atoms with van der Waals surface area (Å²) >= 11 is 12.2. The number of hydrogen-bond acceptors (Lipinski definition) is 3. The first-order valence-electron chi connectivity index (χ1n) is 9.65. The highest BCUT2D eigenvalue weighted by Gasteiger charge is 2.14. The Morgan fingerprint density at radius 3 is 2.64 bits per heavy atom. The van der Waals surface area contributed by atoms with Crippen LogP contribution in [0.25, 0.3) is 5.69 Å². The third-order valence-electron chi connectivity index (χ3n) is 5.18. The molecule has 0 atom stereocenters. The smallest absolute Gasteiger partial charge is 0.254 e. The monoisotopic (exact) mass is 420 g/mol. The predicted octanol–water partition coefficient (Wildman–Crippen LogP) is 4.77. The minimum Gasteiger partial charge on any atom is -0.318 e. The molecular weight excluding hydrogens is 395 g/mol. The molecule has 1 fully saturated rings. The molecule has 0 saturated heterocycles. The van der Waals surface area contributed by atoms with Gasteiger partial charge in [0.2, 0.25) is 0 Å². The maximum absolute atomic E-state index is 12.0. The number of carbonyl (C=O) groups excluding carboxylic acids is 1. The number of nitrogens with zero attached hydrogens (tertiary/aromatic N) is 2. The van der Waals surface area contributed by atoms with Crippen molar-refractivity contribution in [3.05, 3.63) is 51.3 Å². The number of aromatic nitrogens is 1. The fourth-order valence-corrected chi connectivity index (χ4v) is 3.99. The van der Waals surface area contributed by atoms with Crippen LogP contribution in [0.5, 0.6) is 0 Å². The molecule has 0 aliphatic heterocycles. The average Bonchev–Trinajstić information content (AvgIpc) is 2.97. The number of carbonyl (C=O) groups is 1. The molecule has 1 aromatic carbocycles. The molecule has 28 heavy (non-hydrogen) atoms. The van der Waals surface area contributed by atoms with Crippen molar-refractivity contribution >= 4 is 35.3 Å². The van der Waals surface area contributed by atoms with E-state index in [1.165, 1.54) is 19.3 Å². The molecule has 0 radical (unpaired) electrons. The summed E-state index contributed by atoms with van der Waals surface area (Å²) in [5, 5.41) is 8.47. The van der Waals surface area contributed by atoms with Crippen molar-refractivity contribution in [1.82, 2.24) is 15.3 Å². The Morgan fingerprint density at radius 2 is 1.93 bits per heavy atom. The summed E-state index contributed by atoms with van der Waals surface area (Å²) in [6.07, 6.45) is 7.76. The Hall–Kier alpha value is -1.82. The van der Waals surface area contributed by atoms with Gasteiger partial charge in [-0.05, 0) is 51.0 Å². The standard InChI is InChI=1S/C21H26Cl2N4O/c1-14-10-16(15(2)27(14)18-8-9-19(22)20(23)11-18)12-25-26-21(28)13-24-17-6-4-3-5-7-17/h8-12,17,24H,3-7,13H2,1-2H3,(H,26,28)/b25-12-. The summed E-state index contributed by atoms with van der Waals surface area (Å²) in [7, 11) is 0. The number of aryl methyl sites for hydroxylation is 1. The van der Waals surface area contributed by atoms with Crippen molar-refractivity contribution in [2.45, 2.75) is 52.0 Å². The van der Waals surface area contributed by atoms with E-state index in [4.69, 9.17) is 23.2 Å². The highest BCUT2D eigenvalue weighted by atomic mass is 35.5. The van der Waals surface area contributed by atoms with Gasteiger partial charge in [-0.2, -0.15) is 5.10 Å². The van der Waals surface area contributed by atoms with E-state index < -0.39 is 0 Å². The van der Waals surface area contributed by atoms with Crippen LogP contribution in [-0.2, 0) is 4.79 Å². The van der Waals surface area contributed by atoms with Crippen molar-refractivity contribution < 1.29 is 4.79 Å². The van der Waals surface area contributed by atoms with E-state index >= 15 is 0 Å². The van der Waals surface area contributed by atoms with Gasteiger partial charge in [0, 0.05) is 28.7 Å². The first-order valence-corrected chi connectivity index (χ1v) is 10.4. The normalized spacial score (nSPS) is 15.3. The van der Waals surface area contributed by atoms with Gasteiger partial charge in [-0.15, -0.1) is 0 Å². The fourth-order valence-electron chi connectivity index (χ4n) is 3.70. The Morgan fingerprint density at radius 1 is 1.18 bits per heavy atom. The van der Waals surface area contributed by atoms with Gasteiger partial charge in [-0.25, -0.2) is 5.43 Å². The van der Waals surface area contributed by atoms with E-state index in [1.54, 1.807) is 12.3 Å². The second-order valence-electron chi connectivity index (χ2n) is 7.27. The number of rotatable bonds is 6. The molecule has 2 aromatic rings. The molecule has 150 valence electrons. The van der Waals surface area contributed by atoms with E-state index in [-0.39, 0.29) is 5.91 Å².